The number of rotatable bonds is 5. The quantitative estimate of drug-likeness (QED) is 0.896. The van der Waals surface area contributed by atoms with Crippen LogP contribution in [0.1, 0.15) is 38.8 Å². The molecule has 1 aliphatic rings. The maximum atomic E-state index is 12.5. The second-order valence-corrected chi connectivity index (χ2v) is 5.83. The largest absolute Gasteiger partial charge is 0.334 e. The molecule has 2 rings (SSSR count). The molecule has 1 aromatic heterocycles. The first kappa shape index (κ1) is 15.0. The van der Waals surface area contributed by atoms with Crippen LogP contribution in [0, 0.1) is 5.92 Å². The molecule has 1 aliphatic heterocycles. The van der Waals surface area contributed by atoms with Gasteiger partial charge in [-0.25, -0.2) is 0 Å². The SMILES string of the molecule is CC(C)N(Cc1ccccn1)C(=O)CC1CCNCC1. The summed E-state index contributed by atoms with van der Waals surface area (Å²) in [6.07, 6.45) is 4.68. The molecule has 20 heavy (non-hydrogen) atoms. The summed E-state index contributed by atoms with van der Waals surface area (Å²) in [5, 5.41) is 3.34. The van der Waals surface area contributed by atoms with Crippen molar-refractivity contribution in [1.29, 1.82) is 0 Å². The van der Waals surface area contributed by atoms with Gasteiger partial charge in [0.25, 0.3) is 0 Å². The van der Waals surface area contributed by atoms with E-state index in [1.807, 2.05) is 23.1 Å². The Bertz CT molecular complexity index is 413. The van der Waals surface area contributed by atoms with Crippen molar-refractivity contribution in [3.63, 3.8) is 0 Å². The van der Waals surface area contributed by atoms with E-state index in [0.717, 1.165) is 31.6 Å². The maximum Gasteiger partial charge on any atom is 0.223 e. The van der Waals surface area contributed by atoms with Gasteiger partial charge in [-0.15, -0.1) is 0 Å². The van der Waals surface area contributed by atoms with Crippen LogP contribution < -0.4 is 5.32 Å². The summed E-state index contributed by atoms with van der Waals surface area (Å²) in [6.45, 7) is 6.84. The number of hydrogen-bond acceptors (Lipinski definition) is 3. The molecule has 0 unspecified atom stereocenters. The van der Waals surface area contributed by atoms with Gasteiger partial charge in [0, 0.05) is 18.7 Å². The van der Waals surface area contributed by atoms with E-state index in [-0.39, 0.29) is 11.9 Å². The molecule has 4 heteroatoms. The first-order valence-electron chi connectivity index (χ1n) is 7.57. The number of pyridine rings is 1. The molecule has 0 bridgehead atoms. The van der Waals surface area contributed by atoms with Crippen molar-refractivity contribution in [3.05, 3.63) is 30.1 Å². The molecule has 0 spiro atoms. The first-order chi connectivity index (χ1) is 9.66. The van der Waals surface area contributed by atoms with E-state index in [9.17, 15) is 4.79 Å². The third-order valence-corrected chi connectivity index (χ3v) is 3.92. The fourth-order valence-corrected chi connectivity index (χ4v) is 2.67. The number of piperidine rings is 1. The Morgan fingerprint density at radius 2 is 2.15 bits per heavy atom. The number of nitrogens with zero attached hydrogens (tertiary/aromatic N) is 2. The Morgan fingerprint density at radius 3 is 2.75 bits per heavy atom. The summed E-state index contributed by atoms with van der Waals surface area (Å²) in [5.41, 5.74) is 0.958. The van der Waals surface area contributed by atoms with Crippen molar-refractivity contribution in [3.8, 4) is 0 Å². The third kappa shape index (κ3) is 4.30. The lowest BCUT2D eigenvalue weighted by atomic mass is 9.94. The van der Waals surface area contributed by atoms with E-state index in [0.29, 0.717) is 18.9 Å². The fourth-order valence-electron chi connectivity index (χ4n) is 2.67. The van der Waals surface area contributed by atoms with Gasteiger partial charge in [0.1, 0.15) is 0 Å². The van der Waals surface area contributed by atoms with E-state index < -0.39 is 0 Å². The molecule has 0 radical (unpaired) electrons. The normalized spacial score (nSPS) is 16.4. The van der Waals surface area contributed by atoms with Crippen LogP contribution in [0.3, 0.4) is 0 Å². The van der Waals surface area contributed by atoms with Crippen LogP contribution in [-0.2, 0) is 11.3 Å². The van der Waals surface area contributed by atoms with Gasteiger partial charge in [-0.1, -0.05) is 6.07 Å². The molecule has 0 saturated carbocycles. The zero-order valence-corrected chi connectivity index (χ0v) is 12.5. The van der Waals surface area contributed by atoms with Crippen molar-refractivity contribution in [2.24, 2.45) is 5.92 Å². The molecule has 1 N–H and O–H groups in total. The van der Waals surface area contributed by atoms with Crippen molar-refractivity contribution in [2.45, 2.75) is 45.7 Å². The predicted molar refractivity (Wildman–Crippen MR) is 80.1 cm³/mol. The van der Waals surface area contributed by atoms with E-state index in [1.54, 1.807) is 6.20 Å². The summed E-state index contributed by atoms with van der Waals surface area (Å²) in [4.78, 5) is 18.8. The number of carbonyl (C=O) groups is 1. The van der Waals surface area contributed by atoms with Gasteiger partial charge < -0.3 is 10.2 Å². The second kappa shape index (κ2) is 7.39. The predicted octanol–water partition coefficient (Wildman–Crippen LogP) is 2.21. The molecule has 0 aromatic carbocycles. The molecule has 1 fully saturated rings. The lowest BCUT2D eigenvalue weighted by Crippen LogP contribution is -2.39. The minimum atomic E-state index is 0.214. The van der Waals surface area contributed by atoms with Crippen molar-refractivity contribution >= 4 is 5.91 Å². The van der Waals surface area contributed by atoms with Crippen LogP contribution in [0.25, 0.3) is 0 Å². The van der Waals surface area contributed by atoms with Gasteiger partial charge in [0.15, 0.2) is 0 Å². The van der Waals surface area contributed by atoms with Gasteiger partial charge >= 0.3 is 0 Å². The standard InChI is InChI=1S/C16H25N3O/c1-13(2)19(12-15-5-3-4-8-18-15)16(20)11-14-6-9-17-10-7-14/h3-5,8,13-14,17H,6-7,9-12H2,1-2H3. The molecule has 0 atom stereocenters. The van der Waals surface area contributed by atoms with Crippen molar-refractivity contribution < 1.29 is 4.79 Å². The molecule has 1 saturated heterocycles. The average Bonchev–Trinajstić information content (AvgIpc) is 2.46. The average molecular weight is 275 g/mol. The Hall–Kier alpha value is -1.42. The zero-order chi connectivity index (χ0) is 14.4. The van der Waals surface area contributed by atoms with Crippen LogP contribution in [0.15, 0.2) is 24.4 Å². The molecule has 1 aromatic rings. The van der Waals surface area contributed by atoms with Crippen molar-refractivity contribution in [2.75, 3.05) is 13.1 Å². The zero-order valence-electron chi connectivity index (χ0n) is 12.5. The number of hydrogen-bond donors (Lipinski definition) is 1. The smallest absolute Gasteiger partial charge is 0.223 e. The summed E-state index contributed by atoms with van der Waals surface area (Å²) in [7, 11) is 0. The van der Waals surface area contributed by atoms with Crippen LogP contribution in [0.4, 0.5) is 0 Å². The minimum absolute atomic E-state index is 0.214. The Balaban J connectivity index is 1.95. The highest BCUT2D eigenvalue weighted by Crippen LogP contribution is 2.19. The van der Waals surface area contributed by atoms with Crippen molar-refractivity contribution in [1.82, 2.24) is 15.2 Å². The van der Waals surface area contributed by atoms with E-state index in [4.69, 9.17) is 0 Å². The highest BCUT2D eigenvalue weighted by atomic mass is 16.2. The molecule has 0 aliphatic carbocycles. The Morgan fingerprint density at radius 1 is 1.40 bits per heavy atom. The Kier molecular flexibility index (Phi) is 5.53. The third-order valence-electron chi connectivity index (χ3n) is 3.92. The van der Waals surface area contributed by atoms with Gasteiger partial charge in [-0.2, -0.15) is 0 Å². The van der Waals surface area contributed by atoms with Gasteiger partial charge in [-0.3, -0.25) is 9.78 Å². The topological polar surface area (TPSA) is 45.2 Å². The summed E-state index contributed by atoms with van der Waals surface area (Å²) < 4.78 is 0. The highest BCUT2D eigenvalue weighted by Gasteiger charge is 2.22. The van der Waals surface area contributed by atoms with Crippen LogP contribution >= 0.6 is 0 Å². The van der Waals surface area contributed by atoms with Crippen LogP contribution in [-0.4, -0.2) is 34.9 Å². The first-order valence-corrected chi connectivity index (χ1v) is 7.57. The highest BCUT2D eigenvalue weighted by molar-refractivity contribution is 5.76. The summed E-state index contributed by atoms with van der Waals surface area (Å²) >= 11 is 0. The maximum absolute atomic E-state index is 12.5. The molecular formula is C16H25N3O. The molecule has 4 nitrogen and oxygen atoms in total. The number of nitrogens with one attached hydrogen (secondary N) is 1. The van der Waals surface area contributed by atoms with Gasteiger partial charge in [-0.05, 0) is 57.8 Å². The monoisotopic (exact) mass is 275 g/mol. The van der Waals surface area contributed by atoms with Crippen LogP contribution in [0.2, 0.25) is 0 Å². The summed E-state index contributed by atoms with van der Waals surface area (Å²) in [5.74, 6) is 0.797. The van der Waals surface area contributed by atoms with E-state index >= 15 is 0 Å². The molecule has 1 amide bonds. The summed E-state index contributed by atoms with van der Waals surface area (Å²) in [6, 6.07) is 6.07. The molecular weight excluding hydrogens is 250 g/mol. The fraction of sp³-hybridized carbons (Fsp3) is 0.625. The number of aromatic nitrogens is 1. The van der Waals surface area contributed by atoms with E-state index in [1.165, 1.54) is 0 Å². The van der Waals surface area contributed by atoms with E-state index in [2.05, 4.69) is 24.1 Å². The second-order valence-electron chi connectivity index (χ2n) is 5.83. The van der Waals surface area contributed by atoms with Crippen LogP contribution in [0.5, 0.6) is 0 Å². The number of amides is 1. The lowest BCUT2D eigenvalue weighted by Gasteiger charge is -2.29. The molecule has 2 heterocycles. The molecule has 110 valence electrons. The lowest BCUT2D eigenvalue weighted by molar-refractivity contribution is -0.134. The van der Waals surface area contributed by atoms with Gasteiger partial charge in [0.2, 0.25) is 5.91 Å². The minimum Gasteiger partial charge on any atom is -0.334 e. The number of carbonyl (C=O) groups excluding carboxylic acids is 1. The van der Waals surface area contributed by atoms with Gasteiger partial charge in [0.05, 0.1) is 12.2 Å². The Labute approximate surface area is 121 Å².